The number of aromatic nitrogens is 2. The largest absolute Gasteiger partial charge is 0.337 e. The number of nitrogens with zero attached hydrogens (tertiary/aromatic N) is 2. The van der Waals surface area contributed by atoms with Gasteiger partial charge in [-0.2, -0.15) is 0 Å². The highest BCUT2D eigenvalue weighted by molar-refractivity contribution is 4.75. The Morgan fingerprint density at radius 2 is 2.14 bits per heavy atom. The van der Waals surface area contributed by atoms with Crippen LogP contribution in [0.2, 0.25) is 0 Å². The molecule has 1 atom stereocenters. The molecule has 2 heteroatoms. The van der Waals surface area contributed by atoms with Crippen LogP contribution in [-0.4, -0.2) is 9.55 Å². The van der Waals surface area contributed by atoms with Gasteiger partial charge in [0.05, 0.1) is 6.33 Å². The van der Waals surface area contributed by atoms with Crippen LogP contribution in [-0.2, 0) is 6.54 Å². The molecule has 2 nitrogen and oxygen atoms in total. The summed E-state index contributed by atoms with van der Waals surface area (Å²) in [4.78, 5) is 4.07. The Labute approximate surface area is 87.4 Å². The summed E-state index contributed by atoms with van der Waals surface area (Å²) in [5.41, 5.74) is 0. The molecular weight excluding hydrogens is 172 g/mol. The van der Waals surface area contributed by atoms with Crippen molar-refractivity contribution in [2.75, 3.05) is 0 Å². The Kier molecular flexibility index (Phi) is 5.35. The fraction of sp³-hybridized carbons (Fsp3) is 0.750. The zero-order chi connectivity index (χ0) is 10.2. The molecule has 1 heterocycles. The van der Waals surface area contributed by atoms with Gasteiger partial charge in [-0.3, -0.25) is 0 Å². The van der Waals surface area contributed by atoms with E-state index in [0.717, 1.165) is 12.5 Å². The first-order valence-electron chi connectivity index (χ1n) is 5.82. The van der Waals surface area contributed by atoms with Crippen LogP contribution < -0.4 is 0 Å². The molecule has 1 aromatic rings. The van der Waals surface area contributed by atoms with E-state index in [2.05, 4.69) is 29.6 Å². The molecular formula is C12H22N2. The summed E-state index contributed by atoms with van der Waals surface area (Å²) < 4.78 is 2.19. The summed E-state index contributed by atoms with van der Waals surface area (Å²) in [6, 6.07) is 0. The standard InChI is InChI=1S/C12H22N2/c1-3-5-6-7-12(4-2)10-14-9-8-13-11-14/h8-9,11-12H,3-7,10H2,1-2H3. The average molecular weight is 194 g/mol. The minimum Gasteiger partial charge on any atom is -0.337 e. The number of hydrogen-bond donors (Lipinski definition) is 0. The molecule has 0 spiro atoms. The van der Waals surface area contributed by atoms with Crippen LogP contribution in [0.3, 0.4) is 0 Å². The topological polar surface area (TPSA) is 17.8 Å². The van der Waals surface area contributed by atoms with E-state index < -0.39 is 0 Å². The zero-order valence-electron chi connectivity index (χ0n) is 9.45. The molecule has 1 unspecified atom stereocenters. The predicted octanol–water partition coefficient (Wildman–Crippen LogP) is 3.49. The third-order valence-corrected chi connectivity index (χ3v) is 2.82. The minimum atomic E-state index is 0.829. The van der Waals surface area contributed by atoms with Crippen LogP contribution >= 0.6 is 0 Å². The van der Waals surface area contributed by atoms with Crippen molar-refractivity contribution < 1.29 is 0 Å². The third-order valence-electron chi connectivity index (χ3n) is 2.82. The molecule has 80 valence electrons. The Morgan fingerprint density at radius 1 is 1.29 bits per heavy atom. The van der Waals surface area contributed by atoms with Gasteiger partial charge in [-0.15, -0.1) is 0 Å². The van der Waals surface area contributed by atoms with Gasteiger partial charge in [-0.05, 0) is 12.3 Å². The second-order valence-corrected chi connectivity index (χ2v) is 4.03. The van der Waals surface area contributed by atoms with Crippen molar-refractivity contribution in [2.45, 2.75) is 52.5 Å². The van der Waals surface area contributed by atoms with Crippen molar-refractivity contribution in [3.05, 3.63) is 18.7 Å². The molecule has 0 N–H and O–H groups in total. The van der Waals surface area contributed by atoms with Gasteiger partial charge in [0.15, 0.2) is 0 Å². The quantitative estimate of drug-likeness (QED) is 0.607. The van der Waals surface area contributed by atoms with E-state index in [1.165, 1.54) is 32.1 Å². The van der Waals surface area contributed by atoms with Gasteiger partial charge < -0.3 is 4.57 Å². The normalized spacial score (nSPS) is 13.0. The van der Waals surface area contributed by atoms with Crippen LogP contribution in [0.15, 0.2) is 18.7 Å². The fourth-order valence-electron chi connectivity index (χ4n) is 1.80. The first-order valence-corrected chi connectivity index (χ1v) is 5.82. The van der Waals surface area contributed by atoms with Gasteiger partial charge in [-0.1, -0.05) is 39.5 Å². The van der Waals surface area contributed by atoms with Gasteiger partial charge >= 0.3 is 0 Å². The smallest absolute Gasteiger partial charge is 0.0945 e. The van der Waals surface area contributed by atoms with Gasteiger partial charge in [0.2, 0.25) is 0 Å². The minimum absolute atomic E-state index is 0.829. The predicted molar refractivity (Wildman–Crippen MR) is 60.2 cm³/mol. The molecule has 0 bridgehead atoms. The lowest BCUT2D eigenvalue weighted by atomic mass is 9.98. The van der Waals surface area contributed by atoms with Gasteiger partial charge in [0.25, 0.3) is 0 Å². The molecule has 14 heavy (non-hydrogen) atoms. The first kappa shape index (κ1) is 11.3. The van der Waals surface area contributed by atoms with Crippen molar-refractivity contribution in [2.24, 2.45) is 5.92 Å². The van der Waals surface area contributed by atoms with Crippen LogP contribution in [0.5, 0.6) is 0 Å². The third kappa shape index (κ3) is 3.95. The number of imidazole rings is 1. The Hall–Kier alpha value is -0.790. The molecule has 0 aromatic carbocycles. The summed E-state index contributed by atoms with van der Waals surface area (Å²) >= 11 is 0. The first-order chi connectivity index (χ1) is 6.86. The molecule has 0 saturated heterocycles. The van der Waals surface area contributed by atoms with Crippen molar-refractivity contribution >= 4 is 0 Å². The lowest BCUT2D eigenvalue weighted by Gasteiger charge is -2.14. The average Bonchev–Trinajstić information content (AvgIpc) is 2.69. The van der Waals surface area contributed by atoms with Crippen molar-refractivity contribution in [1.29, 1.82) is 0 Å². The van der Waals surface area contributed by atoms with Crippen LogP contribution in [0.1, 0.15) is 46.0 Å². The SMILES string of the molecule is CCCCCC(CC)Cn1ccnc1. The molecule has 0 aliphatic rings. The monoisotopic (exact) mass is 194 g/mol. The number of hydrogen-bond acceptors (Lipinski definition) is 1. The summed E-state index contributed by atoms with van der Waals surface area (Å²) in [6.07, 6.45) is 12.6. The second-order valence-electron chi connectivity index (χ2n) is 4.03. The highest BCUT2D eigenvalue weighted by Gasteiger charge is 2.06. The molecule has 0 aliphatic heterocycles. The fourth-order valence-corrected chi connectivity index (χ4v) is 1.80. The van der Waals surface area contributed by atoms with Gasteiger partial charge in [-0.25, -0.2) is 4.98 Å². The van der Waals surface area contributed by atoms with E-state index in [1.807, 2.05) is 12.5 Å². The maximum atomic E-state index is 4.07. The van der Waals surface area contributed by atoms with E-state index in [0.29, 0.717) is 0 Å². The second kappa shape index (κ2) is 6.63. The number of unbranched alkanes of at least 4 members (excludes halogenated alkanes) is 2. The van der Waals surface area contributed by atoms with E-state index in [-0.39, 0.29) is 0 Å². The maximum absolute atomic E-state index is 4.07. The van der Waals surface area contributed by atoms with Gasteiger partial charge in [0.1, 0.15) is 0 Å². The van der Waals surface area contributed by atoms with Crippen molar-refractivity contribution in [1.82, 2.24) is 9.55 Å². The van der Waals surface area contributed by atoms with Crippen molar-refractivity contribution in [3.8, 4) is 0 Å². The Morgan fingerprint density at radius 3 is 2.71 bits per heavy atom. The highest BCUT2D eigenvalue weighted by atomic mass is 15.0. The lowest BCUT2D eigenvalue weighted by Crippen LogP contribution is -2.08. The lowest BCUT2D eigenvalue weighted by molar-refractivity contribution is 0.387. The van der Waals surface area contributed by atoms with Gasteiger partial charge in [0, 0.05) is 18.9 Å². The molecule has 1 rings (SSSR count). The molecule has 0 amide bonds. The Balaban J connectivity index is 2.24. The van der Waals surface area contributed by atoms with Crippen LogP contribution in [0, 0.1) is 5.92 Å². The Bertz CT molecular complexity index is 216. The maximum Gasteiger partial charge on any atom is 0.0945 e. The van der Waals surface area contributed by atoms with Crippen LogP contribution in [0.25, 0.3) is 0 Å². The molecule has 0 radical (unpaired) electrons. The summed E-state index contributed by atoms with van der Waals surface area (Å²) in [7, 11) is 0. The molecule has 1 aromatic heterocycles. The molecule has 0 aliphatic carbocycles. The van der Waals surface area contributed by atoms with E-state index >= 15 is 0 Å². The van der Waals surface area contributed by atoms with E-state index in [1.54, 1.807) is 0 Å². The van der Waals surface area contributed by atoms with E-state index in [9.17, 15) is 0 Å². The summed E-state index contributed by atoms with van der Waals surface area (Å²) in [6.45, 7) is 5.69. The zero-order valence-corrected chi connectivity index (χ0v) is 9.45. The summed E-state index contributed by atoms with van der Waals surface area (Å²) in [5.74, 6) is 0.829. The van der Waals surface area contributed by atoms with Crippen LogP contribution in [0.4, 0.5) is 0 Å². The van der Waals surface area contributed by atoms with E-state index in [4.69, 9.17) is 0 Å². The van der Waals surface area contributed by atoms with Crippen molar-refractivity contribution in [3.63, 3.8) is 0 Å². The molecule has 0 saturated carbocycles. The summed E-state index contributed by atoms with van der Waals surface area (Å²) in [5, 5.41) is 0. The number of rotatable bonds is 7. The molecule has 0 fully saturated rings. The highest BCUT2D eigenvalue weighted by Crippen LogP contribution is 2.15.